The molecule has 246 valence electrons. The third-order valence-electron chi connectivity index (χ3n) is 11.5. The Morgan fingerprint density at radius 1 is 0.373 bits per heavy atom. The van der Waals surface area contributed by atoms with Crippen molar-refractivity contribution in [3.8, 4) is 0 Å². The van der Waals surface area contributed by atoms with E-state index in [0.29, 0.717) is 0 Å². The first kappa shape index (κ1) is 31.2. The fourth-order valence-electron chi connectivity index (χ4n) is 8.60. The molecule has 2 nitrogen and oxygen atoms in total. The molecule has 0 spiro atoms. The van der Waals surface area contributed by atoms with Crippen LogP contribution >= 0.6 is 0 Å². The van der Waals surface area contributed by atoms with Crippen LogP contribution in [0.3, 0.4) is 0 Å². The summed E-state index contributed by atoms with van der Waals surface area (Å²) in [6, 6.07) is 64.8. The summed E-state index contributed by atoms with van der Waals surface area (Å²) < 4.78 is 0. The summed E-state index contributed by atoms with van der Waals surface area (Å²) in [6.45, 7) is 9.47. The van der Waals surface area contributed by atoms with E-state index in [9.17, 15) is 0 Å². The molecule has 0 fully saturated rings. The van der Waals surface area contributed by atoms with Gasteiger partial charge in [0.2, 0.25) is 0 Å². The molecule has 0 aromatic heterocycles. The third-order valence-corrected chi connectivity index (χ3v) is 11.5. The molecule has 2 aliphatic heterocycles. The second kappa shape index (κ2) is 11.9. The van der Waals surface area contributed by atoms with Crippen molar-refractivity contribution in [2.24, 2.45) is 0 Å². The average Bonchev–Trinajstić information content (AvgIpc) is 3.18. The highest BCUT2D eigenvalue weighted by atomic mass is 15.2. The molecule has 51 heavy (non-hydrogen) atoms. The zero-order chi connectivity index (χ0) is 34.7. The normalized spacial score (nSPS) is 13.4. The lowest BCUT2D eigenvalue weighted by Crippen LogP contribution is -2.61. The van der Waals surface area contributed by atoms with E-state index in [2.05, 4.69) is 213 Å². The maximum atomic E-state index is 2.53. The molecule has 2 heterocycles. The van der Waals surface area contributed by atoms with Crippen LogP contribution in [0.25, 0.3) is 0 Å². The first-order valence-electron chi connectivity index (χ1n) is 18.1. The Balaban J connectivity index is 1.31. The van der Waals surface area contributed by atoms with Crippen LogP contribution < -0.4 is 26.2 Å². The van der Waals surface area contributed by atoms with Crippen molar-refractivity contribution in [3.05, 3.63) is 198 Å². The van der Waals surface area contributed by atoms with Crippen LogP contribution in [0.15, 0.2) is 176 Å². The van der Waals surface area contributed by atoms with E-state index in [1.165, 1.54) is 67.1 Å². The molecule has 2 aliphatic rings. The number of hydrogen-bond donors (Lipinski definition) is 0. The van der Waals surface area contributed by atoms with Crippen molar-refractivity contribution in [3.63, 3.8) is 0 Å². The molecule has 0 unspecified atom stereocenters. The zero-order valence-electron chi connectivity index (χ0n) is 29.7. The van der Waals surface area contributed by atoms with Gasteiger partial charge in [-0.25, -0.2) is 0 Å². The minimum Gasteiger partial charge on any atom is -0.311 e. The van der Waals surface area contributed by atoms with Crippen molar-refractivity contribution >= 4 is 57.2 Å². The Morgan fingerprint density at radius 2 is 0.824 bits per heavy atom. The van der Waals surface area contributed by atoms with Crippen LogP contribution in [0.5, 0.6) is 0 Å². The molecule has 0 amide bonds. The fraction of sp³-hybridized carbons (Fsp3) is 0.125. The molecular formula is C48H41BN2. The summed E-state index contributed by atoms with van der Waals surface area (Å²) in [5, 5.41) is 0. The van der Waals surface area contributed by atoms with Gasteiger partial charge in [0.15, 0.2) is 0 Å². The van der Waals surface area contributed by atoms with E-state index in [4.69, 9.17) is 0 Å². The van der Waals surface area contributed by atoms with E-state index in [1.807, 2.05) is 0 Å². The Morgan fingerprint density at radius 3 is 1.41 bits per heavy atom. The van der Waals surface area contributed by atoms with Gasteiger partial charge in [-0.15, -0.1) is 0 Å². The predicted octanol–water partition coefficient (Wildman–Crippen LogP) is 10.4. The molecule has 0 bridgehead atoms. The Kier molecular flexibility index (Phi) is 7.29. The third kappa shape index (κ3) is 4.87. The summed E-state index contributed by atoms with van der Waals surface area (Å²) in [6.07, 6.45) is 0. The monoisotopic (exact) mass is 656 g/mol. The fourth-order valence-corrected chi connectivity index (χ4v) is 8.60. The smallest absolute Gasteiger partial charge is 0.252 e. The van der Waals surface area contributed by atoms with Gasteiger partial charge in [0.1, 0.15) is 0 Å². The first-order valence-corrected chi connectivity index (χ1v) is 18.1. The van der Waals surface area contributed by atoms with Gasteiger partial charge >= 0.3 is 0 Å². The highest BCUT2D eigenvalue weighted by molar-refractivity contribution is 7.00. The molecule has 0 saturated heterocycles. The Hall–Kier alpha value is -5.80. The van der Waals surface area contributed by atoms with Gasteiger partial charge in [-0.1, -0.05) is 161 Å². The molecule has 7 aromatic carbocycles. The second-order valence-corrected chi connectivity index (χ2v) is 15.0. The van der Waals surface area contributed by atoms with E-state index in [1.54, 1.807) is 0 Å². The van der Waals surface area contributed by atoms with Crippen molar-refractivity contribution in [1.29, 1.82) is 0 Å². The van der Waals surface area contributed by atoms with Crippen molar-refractivity contribution in [1.82, 2.24) is 0 Å². The van der Waals surface area contributed by atoms with Gasteiger partial charge in [0.05, 0.1) is 0 Å². The minimum atomic E-state index is -0.262. The molecule has 0 saturated carbocycles. The number of hydrogen-bond acceptors (Lipinski definition) is 2. The van der Waals surface area contributed by atoms with E-state index < -0.39 is 0 Å². The van der Waals surface area contributed by atoms with Crippen LogP contribution in [0.4, 0.5) is 34.1 Å². The Bertz CT molecular complexity index is 2360. The predicted molar refractivity (Wildman–Crippen MR) is 218 cm³/mol. The minimum absolute atomic E-state index is 0.0847. The summed E-state index contributed by atoms with van der Waals surface area (Å²) in [4.78, 5) is 5.03. The highest BCUT2D eigenvalue weighted by Gasteiger charge is 2.45. The molecule has 7 aromatic rings. The maximum absolute atomic E-state index is 2.53. The van der Waals surface area contributed by atoms with E-state index in [0.717, 1.165) is 5.69 Å². The quantitative estimate of drug-likeness (QED) is 0.164. The first-order chi connectivity index (χ1) is 24.9. The summed E-state index contributed by atoms with van der Waals surface area (Å²) in [5.41, 5.74) is 16.2. The molecule has 0 atom stereocenters. The van der Waals surface area contributed by atoms with E-state index >= 15 is 0 Å². The van der Waals surface area contributed by atoms with Crippen LogP contribution in [0.2, 0.25) is 0 Å². The number of nitrogens with zero attached hydrogens (tertiary/aromatic N) is 2. The zero-order valence-corrected chi connectivity index (χ0v) is 29.7. The van der Waals surface area contributed by atoms with Gasteiger partial charge < -0.3 is 9.80 Å². The van der Waals surface area contributed by atoms with Gasteiger partial charge in [-0.3, -0.25) is 0 Å². The van der Waals surface area contributed by atoms with Crippen LogP contribution in [-0.4, -0.2) is 6.71 Å². The highest BCUT2D eigenvalue weighted by Crippen LogP contribution is 2.49. The molecule has 9 rings (SSSR count). The van der Waals surface area contributed by atoms with Crippen LogP contribution in [0.1, 0.15) is 49.9 Å². The number of benzene rings is 7. The Labute approximate surface area is 302 Å². The van der Waals surface area contributed by atoms with Crippen LogP contribution in [-0.2, 0) is 10.8 Å². The molecule has 0 aliphatic carbocycles. The van der Waals surface area contributed by atoms with Gasteiger partial charge in [-0.2, -0.15) is 0 Å². The topological polar surface area (TPSA) is 6.48 Å². The van der Waals surface area contributed by atoms with Crippen molar-refractivity contribution in [2.45, 2.75) is 38.5 Å². The van der Waals surface area contributed by atoms with E-state index in [-0.39, 0.29) is 17.5 Å². The van der Waals surface area contributed by atoms with Crippen molar-refractivity contribution in [2.75, 3.05) is 9.80 Å². The molecule has 3 heteroatoms. The lowest BCUT2D eigenvalue weighted by atomic mass is 9.33. The number of para-hydroxylation sites is 3. The number of rotatable bonds is 6. The summed E-state index contributed by atoms with van der Waals surface area (Å²) >= 11 is 0. The lowest BCUT2D eigenvalue weighted by molar-refractivity contribution is 0.641. The maximum Gasteiger partial charge on any atom is 0.252 e. The van der Waals surface area contributed by atoms with Gasteiger partial charge in [-0.05, 0) is 81.1 Å². The standard InChI is InChI=1S/C48H41BN2/c1-47(2,34-18-8-5-9-19-34)36-28-30-38(31-29-36)50-42-26-16-14-24-40(42)49-41-25-15-17-27-43(41)51(37-22-12-7-13-23-37)46-39(32-33-44(50)45(46)49)48(3,4)35-20-10-6-11-21-35/h5-33H,1-4H3. The number of fused-ring (bicyclic) bond motifs is 4. The van der Waals surface area contributed by atoms with Crippen molar-refractivity contribution < 1.29 is 0 Å². The molecular weight excluding hydrogens is 615 g/mol. The average molecular weight is 657 g/mol. The second-order valence-electron chi connectivity index (χ2n) is 15.0. The summed E-state index contributed by atoms with van der Waals surface area (Å²) in [5.74, 6) is 0. The summed E-state index contributed by atoms with van der Waals surface area (Å²) in [7, 11) is 0. The molecule has 0 radical (unpaired) electrons. The number of anilines is 6. The van der Waals surface area contributed by atoms with Gasteiger partial charge in [0, 0.05) is 45.0 Å². The largest absolute Gasteiger partial charge is 0.311 e. The van der Waals surface area contributed by atoms with Gasteiger partial charge in [0.25, 0.3) is 6.71 Å². The lowest BCUT2D eigenvalue weighted by Gasteiger charge is -2.46. The SMILES string of the molecule is CC(C)(c1ccccc1)c1ccc(N2c3ccccc3B3c4ccccc4N(c4ccccc4)c4c(C(C)(C)c5ccccc5)ccc2c43)cc1. The van der Waals surface area contributed by atoms with Crippen LogP contribution in [0, 0.1) is 0 Å². The molecule has 0 N–H and O–H groups in total.